The fourth-order valence-electron chi connectivity index (χ4n) is 4.79. The van der Waals surface area contributed by atoms with E-state index < -0.39 is 11.9 Å². The van der Waals surface area contributed by atoms with E-state index in [-0.39, 0.29) is 11.8 Å². The second kappa shape index (κ2) is 16.4. The first-order valence-corrected chi connectivity index (χ1v) is 18.0. The molecule has 1 aliphatic carbocycles. The quantitative estimate of drug-likeness (QED) is 0.0844. The summed E-state index contributed by atoms with van der Waals surface area (Å²) in [7, 11) is 0. The standard InChI is InChI=1S/C34H34I4O5/c1-20(11-12-25-22(3)10-7-13-34(25,4)5)8-6-9-21(2)14-31(41)43-33-28(37)18-24(19-29(33)38)42-32-26(35)15-23(16-27(32)36)17-30(39)40/h6,8-9,11-12,14-16,18-19H,7,10,13,17H2,1-5H3,(H,39,40)/b9-6+,12-11+,20-8+,21-14+. The van der Waals surface area contributed by atoms with Crippen molar-refractivity contribution < 1.29 is 24.2 Å². The van der Waals surface area contributed by atoms with E-state index in [1.165, 1.54) is 36.5 Å². The molecule has 0 spiro atoms. The zero-order valence-corrected chi connectivity index (χ0v) is 33.3. The number of aliphatic carboxylic acids is 1. The molecule has 43 heavy (non-hydrogen) atoms. The highest BCUT2D eigenvalue weighted by Crippen LogP contribution is 2.41. The Labute approximate surface area is 308 Å². The fraction of sp³-hybridized carbons (Fsp3) is 0.294. The number of ether oxygens (including phenoxy) is 2. The van der Waals surface area contributed by atoms with Gasteiger partial charge in [0.05, 0.1) is 20.7 Å². The van der Waals surface area contributed by atoms with Crippen LogP contribution in [-0.2, 0) is 16.0 Å². The van der Waals surface area contributed by atoms with Gasteiger partial charge in [-0.3, -0.25) is 4.79 Å². The molecule has 0 unspecified atom stereocenters. The second-order valence-electron chi connectivity index (χ2n) is 11.1. The first-order chi connectivity index (χ1) is 20.2. The van der Waals surface area contributed by atoms with E-state index in [2.05, 4.69) is 130 Å². The Morgan fingerprint density at radius 2 is 1.53 bits per heavy atom. The van der Waals surface area contributed by atoms with Crippen molar-refractivity contribution in [3.63, 3.8) is 0 Å². The van der Waals surface area contributed by atoms with Crippen LogP contribution in [0.15, 0.2) is 83.0 Å². The van der Waals surface area contributed by atoms with E-state index in [1.54, 1.807) is 0 Å². The molecule has 0 aromatic heterocycles. The number of carbonyl (C=O) groups is 2. The second-order valence-corrected chi connectivity index (χ2v) is 15.8. The normalized spacial score (nSPS) is 15.8. The minimum Gasteiger partial charge on any atom is -0.481 e. The van der Waals surface area contributed by atoms with Crippen LogP contribution in [0.2, 0.25) is 0 Å². The van der Waals surface area contributed by atoms with Gasteiger partial charge in [-0.05, 0) is 177 Å². The first-order valence-electron chi connectivity index (χ1n) is 13.7. The molecule has 0 fully saturated rings. The summed E-state index contributed by atoms with van der Waals surface area (Å²) in [4.78, 5) is 23.8. The molecule has 1 aliphatic rings. The average Bonchev–Trinajstić information content (AvgIpc) is 2.87. The number of halogens is 4. The molecule has 0 bridgehead atoms. The van der Waals surface area contributed by atoms with Crippen LogP contribution in [0.1, 0.15) is 59.4 Å². The molecule has 1 N–H and O–H groups in total. The van der Waals surface area contributed by atoms with Crippen molar-refractivity contribution in [3.8, 4) is 17.2 Å². The maximum absolute atomic E-state index is 12.7. The van der Waals surface area contributed by atoms with Crippen LogP contribution >= 0.6 is 90.4 Å². The molecule has 0 radical (unpaired) electrons. The molecule has 2 aromatic carbocycles. The predicted molar refractivity (Wildman–Crippen MR) is 207 cm³/mol. The molecular formula is C34H34I4O5. The van der Waals surface area contributed by atoms with Gasteiger partial charge in [0.25, 0.3) is 0 Å². The highest BCUT2D eigenvalue weighted by atomic mass is 127. The van der Waals surface area contributed by atoms with E-state index in [0.29, 0.717) is 22.8 Å². The topological polar surface area (TPSA) is 72.8 Å². The van der Waals surface area contributed by atoms with Gasteiger partial charge >= 0.3 is 11.9 Å². The Bertz CT molecular complexity index is 1510. The van der Waals surface area contributed by atoms with Crippen molar-refractivity contribution >= 4 is 102 Å². The van der Waals surface area contributed by atoms with E-state index in [4.69, 9.17) is 14.6 Å². The number of hydrogen-bond donors (Lipinski definition) is 1. The number of carboxylic acid groups (broad SMARTS) is 1. The summed E-state index contributed by atoms with van der Waals surface area (Å²) in [5.74, 6) is 0.398. The van der Waals surface area contributed by atoms with Crippen LogP contribution in [-0.4, -0.2) is 17.0 Å². The number of carboxylic acids is 1. The van der Waals surface area contributed by atoms with Crippen LogP contribution in [0.4, 0.5) is 0 Å². The van der Waals surface area contributed by atoms with Crippen molar-refractivity contribution in [2.75, 3.05) is 0 Å². The van der Waals surface area contributed by atoms with Crippen molar-refractivity contribution in [2.24, 2.45) is 5.41 Å². The molecule has 0 saturated heterocycles. The Morgan fingerprint density at radius 3 is 2.12 bits per heavy atom. The minimum atomic E-state index is -0.877. The lowest BCUT2D eigenvalue weighted by molar-refractivity contribution is -0.136. The number of esters is 1. The van der Waals surface area contributed by atoms with E-state index >= 15 is 0 Å². The monoisotopic (exact) mass is 1030 g/mol. The lowest BCUT2D eigenvalue weighted by atomic mass is 9.72. The Kier molecular flexibility index (Phi) is 13.8. The van der Waals surface area contributed by atoms with Gasteiger partial charge in [-0.15, -0.1) is 0 Å². The predicted octanol–water partition coefficient (Wildman–Crippen LogP) is 11.0. The van der Waals surface area contributed by atoms with Crippen LogP contribution in [0.5, 0.6) is 17.2 Å². The molecule has 0 atom stereocenters. The molecule has 228 valence electrons. The minimum absolute atomic E-state index is 0.0452. The van der Waals surface area contributed by atoms with Gasteiger partial charge in [-0.25, -0.2) is 4.79 Å². The SMILES string of the molecule is CC1=C(/C=C/C(C)=C/C=C/C(C)=C/C(=O)Oc2c(I)cc(Oc3c(I)cc(CC(=O)O)cc3I)cc2I)C(C)(C)CCC1. The smallest absolute Gasteiger partial charge is 0.336 e. The number of benzene rings is 2. The first kappa shape index (κ1) is 36.3. The van der Waals surface area contributed by atoms with Crippen molar-refractivity contribution in [1.82, 2.24) is 0 Å². The molecule has 3 rings (SSSR count). The third-order valence-electron chi connectivity index (χ3n) is 6.93. The van der Waals surface area contributed by atoms with Crippen molar-refractivity contribution in [3.05, 3.63) is 103 Å². The number of hydrogen-bond acceptors (Lipinski definition) is 4. The molecule has 5 nitrogen and oxygen atoms in total. The highest BCUT2D eigenvalue weighted by molar-refractivity contribution is 14.1. The maximum Gasteiger partial charge on any atom is 0.336 e. The third kappa shape index (κ3) is 11.0. The summed E-state index contributed by atoms with van der Waals surface area (Å²) < 4.78 is 15.0. The average molecular weight is 1030 g/mol. The molecular weight excluding hydrogens is 996 g/mol. The van der Waals surface area contributed by atoms with Crippen LogP contribution in [0.25, 0.3) is 0 Å². The Balaban J connectivity index is 1.66. The molecule has 0 heterocycles. The number of carbonyl (C=O) groups excluding carboxylic acids is 1. The lowest BCUT2D eigenvalue weighted by Crippen LogP contribution is -2.19. The van der Waals surface area contributed by atoms with E-state index in [1.807, 2.05) is 49.4 Å². The molecule has 0 aliphatic heterocycles. The summed E-state index contributed by atoms with van der Waals surface area (Å²) >= 11 is 8.56. The summed E-state index contributed by atoms with van der Waals surface area (Å²) in [6.45, 7) is 10.8. The Hall–Kier alpha value is -1.20. The number of allylic oxidation sites excluding steroid dienone is 9. The highest BCUT2D eigenvalue weighted by Gasteiger charge is 2.26. The van der Waals surface area contributed by atoms with Crippen molar-refractivity contribution in [1.29, 1.82) is 0 Å². The molecule has 0 amide bonds. The van der Waals surface area contributed by atoms with Crippen molar-refractivity contribution in [2.45, 2.75) is 60.3 Å². The summed E-state index contributed by atoms with van der Waals surface area (Å²) in [6.07, 6.45) is 15.4. The zero-order chi connectivity index (χ0) is 31.9. The molecule has 2 aromatic rings. The lowest BCUT2D eigenvalue weighted by Gasteiger charge is -2.32. The fourth-order valence-corrected chi connectivity index (χ4v) is 8.84. The van der Waals surface area contributed by atoms with Gasteiger partial charge in [0.2, 0.25) is 0 Å². The summed E-state index contributed by atoms with van der Waals surface area (Å²) in [5.41, 5.74) is 5.77. The van der Waals surface area contributed by atoms with E-state index in [9.17, 15) is 9.59 Å². The zero-order valence-electron chi connectivity index (χ0n) is 24.7. The number of rotatable bonds is 10. The maximum atomic E-state index is 12.7. The van der Waals surface area contributed by atoms with Gasteiger partial charge in [0.1, 0.15) is 5.75 Å². The molecule has 9 heteroatoms. The molecule has 0 saturated carbocycles. The third-order valence-corrected chi connectivity index (χ3v) is 10.1. The summed E-state index contributed by atoms with van der Waals surface area (Å²) in [6, 6.07) is 7.25. The van der Waals surface area contributed by atoms with Gasteiger partial charge in [0, 0.05) is 6.08 Å². The Morgan fingerprint density at radius 1 is 0.930 bits per heavy atom. The van der Waals surface area contributed by atoms with Crippen LogP contribution in [0.3, 0.4) is 0 Å². The van der Waals surface area contributed by atoms with E-state index in [0.717, 1.165) is 25.4 Å². The van der Waals surface area contributed by atoms with Gasteiger partial charge in [-0.1, -0.05) is 55.4 Å². The largest absolute Gasteiger partial charge is 0.481 e. The van der Waals surface area contributed by atoms with Crippen LogP contribution < -0.4 is 9.47 Å². The van der Waals surface area contributed by atoms with Gasteiger partial charge in [0.15, 0.2) is 11.5 Å². The summed E-state index contributed by atoms with van der Waals surface area (Å²) in [5, 5.41) is 9.10. The van der Waals surface area contributed by atoms with Gasteiger partial charge < -0.3 is 14.6 Å². The van der Waals surface area contributed by atoms with Gasteiger partial charge in [-0.2, -0.15) is 0 Å². The van der Waals surface area contributed by atoms with Crippen LogP contribution in [0, 0.1) is 19.7 Å².